The zero-order chi connectivity index (χ0) is 15.2. The molecule has 112 valence electrons. The highest BCUT2D eigenvalue weighted by Gasteiger charge is 2.15. The molecule has 1 atom stereocenters. The lowest BCUT2D eigenvalue weighted by Crippen LogP contribution is -2.23. The van der Waals surface area contributed by atoms with Crippen molar-refractivity contribution in [3.63, 3.8) is 0 Å². The summed E-state index contributed by atoms with van der Waals surface area (Å²) in [5.74, 6) is 0. The minimum atomic E-state index is 0.262. The van der Waals surface area contributed by atoms with Gasteiger partial charge in [0.1, 0.15) is 0 Å². The van der Waals surface area contributed by atoms with Gasteiger partial charge in [-0.3, -0.25) is 4.98 Å². The molecule has 0 radical (unpaired) electrons. The van der Waals surface area contributed by atoms with Gasteiger partial charge in [0.05, 0.1) is 0 Å². The van der Waals surface area contributed by atoms with E-state index in [9.17, 15) is 0 Å². The molecule has 0 spiro atoms. The Hall–Kier alpha value is -0.710. The van der Waals surface area contributed by atoms with E-state index in [4.69, 9.17) is 0 Å². The largest absolute Gasteiger partial charge is 0.310 e. The minimum Gasteiger partial charge on any atom is -0.310 e. The molecule has 2 rings (SSSR count). The second-order valence-electron chi connectivity index (χ2n) is 4.99. The van der Waals surface area contributed by atoms with Gasteiger partial charge in [0, 0.05) is 33.3 Å². The molecule has 1 heterocycles. The van der Waals surface area contributed by atoms with Crippen LogP contribution < -0.4 is 5.32 Å². The fourth-order valence-corrected chi connectivity index (χ4v) is 3.64. The Morgan fingerprint density at radius 3 is 2.52 bits per heavy atom. The van der Waals surface area contributed by atoms with Gasteiger partial charge >= 0.3 is 0 Å². The van der Waals surface area contributed by atoms with Crippen molar-refractivity contribution in [1.29, 1.82) is 0 Å². The predicted octanol–water partition coefficient (Wildman–Crippen LogP) is 5.06. The molecule has 1 aromatic carbocycles. The molecule has 0 aliphatic heterocycles. The van der Waals surface area contributed by atoms with Crippen LogP contribution in [0.1, 0.15) is 36.7 Å². The number of hydrogen-bond donors (Lipinski definition) is 1. The fraction of sp³-hybridized carbons (Fsp3) is 0.353. The molecule has 0 aliphatic carbocycles. The van der Waals surface area contributed by atoms with Crippen LogP contribution in [0.2, 0.25) is 0 Å². The van der Waals surface area contributed by atoms with Gasteiger partial charge in [-0.15, -0.1) is 0 Å². The van der Waals surface area contributed by atoms with E-state index in [-0.39, 0.29) is 6.04 Å². The number of aryl methyl sites for hydroxylation is 1. The molecule has 0 saturated heterocycles. The molecule has 2 nitrogen and oxygen atoms in total. The summed E-state index contributed by atoms with van der Waals surface area (Å²) in [5.41, 5.74) is 3.66. The van der Waals surface area contributed by atoms with Crippen molar-refractivity contribution in [2.75, 3.05) is 6.54 Å². The zero-order valence-electron chi connectivity index (χ0n) is 12.4. The van der Waals surface area contributed by atoms with Gasteiger partial charge in [-0.2, -0.15) is 0 Å². The smallest absolute Gasteiger partial charge is 0.0422 e. The molecular formula is C17H20Br2N2. The Morgan fingerprint density at radius 2 is 1.95 bits per heavy atom. The van der Waals surface area contributed by atoms with Crippen LogP contribution in [0.3, 0.4) is 0 Å². The predicted molar refractivity (Wildman–Crippen MR) is 95.6 cm³/mol. The Morgan fingerprint density at radius 1 is 1.14 bits per heavy atom. The number of likely N-dealkylation sites (N-methyl/N-ethyl adjacent to an activating group) is 1. The van der Waals surface area contributed by atoms with Crippen molar-refractivity contribution in [1.82, 2.24) is 10.3 Å². The van der Waals surface area contributed by atoms with Crippen LogP contribution in [0, 0.1) is 0 Å². The summed E-state index contributed by atoms with van der Waals surface area (Å²) >= 11 is 7.17. The molecule has 1 unspecified atom stereocenters. The van der Waals surface area contributed by atoms with E-state index >= 15 is 0 Å². The van der Waals surface area contributed by atoms with E-state index < -0.39 is 0 Å². The van der Waals surface area contributed by atoms with Gasteiger partial charge in [0.25, 0.3) is 0 Å². The molecule has 0 amide bonds. The van der Waals surface area contributed by atoms with Crippen LogP contribution in [0.5, 0.6) is 0 Å². The van der Waals surface area contributed by atoms with Crippen LogP contribution in [0.15, 0.2) is 45.5 Å². The van der Waals surface area contributed by atoms with Crippen molar-refractivity contribution in [3.8, 4) is 0 Å². The number of aromatic nitrogens is 1. The third kappa shape index (κ3) is 4.63. The first-order chi connectivity index (χ1) is 10.1. The van der Waals surface area contributed by atoms with Gasteiger partial charge < -0.3 is 5.32 Å². The van der Waals surface area contributed by atoms with E-state index in [1.54, 1.807) is 0 Å². The summed E-state index contributed by atoms with van der Waals surface area (Å²) in [4.78, 5) is 4.58. The minimum absolute atomic E-state index is 0.262. The van der Waals surface area contributed by atoms with Gasteiger partial charge in [-0.1, -0.05) is 57.8 Å². The molecule has 4 heteroatoms. The molecule has 2 aromatic rings. The lowest BCUT2D eigenvalue weighted by Gasteiger charge is -2.20. The summed E-state index contributed by atoms with van der Waals surface area (Å²) in [6.45, 7) is 5.21. The number of rotatable bonds is 6. The Bertz CT molecular complexity index is 582. The van der Waals surface area contributed by atoms with Crippen LogP contribution in [0.4, 0.5) is 0 Å². The summed E-state index contributed by atoms with van der Waals surface area (Å²) in [6.07, 6.45) is 3.90. The second-order valence-corrected chi connectivity index (χ2v) is 6.76. The molecular weight excluding hydrogens is 392 g/mol. The molecule has 1 aromatic heterocycles. The lowest BCUT2D eigenvalue weighted by atomic mass is 10.0. The average molecular weight is 412 g/mol. The first kappa shape index (κ1) is 16.7. The molecule has 1 N–H and O–H groups in total. The van der Waals surface area contributed by atoms with Crippen molar-refractivity contribution in [2.45, 2.75) is 32.7 Å². The number of halogens is 2. The highest BCUT2D eigenvalue weighted by Crippen LogP contribution is 2.28. The Balaban J connectivity index is 2.21. The number of hydrogen-bond acceptors (Lipinski definition) is 2. The van der Waals surface area contributed by atoms with Crippen LogP contribution in [-0.4, -0.2) is 11.5 Å². The summed E-state index contributed by atoms with van der Waals surface area (Å²) in [7, 11) is 0. The highest BCUT2D eigenvalue weighted by molar-refractivity contribution is 9.11. The van der Waals surface area contributed by atoms with Gasteiger partial charge in [-0.05, 0) is 42.3 Å². The van der Waals surface area contributed by atoms with Crippen LogP contribution in [0.25, 0.3) is 0 Å². The van der Waals surface area contributed by atoms with Crippen LogP contribution in [-0.2, 0) is 12.8 Å². The SMILES string of the molecule is CCNC(Cc1ccc(CC)cn1)c1ccc(Br)cc1Br. The molecule has 0 bridgehead atoms. The summed E-state index contributed by atoms with van der Waals surface area (Å²) in [5, 5.41) is 3.55. The van der Waals surface area contributed by atoms with Crippen molar-refractivity contribution in [2.24, 2.45) is 0 Å². The number of nitrogens with one attached hydrogen (secondary N) is 1. The van der Waals surface area contributed by atoms with E-state index in [1.807, 2.05) is 6.20 Å². The first-order valence-electron chi connectivity index (χ1n) is 7.26. The Kier molecular flexibility index (Phi) is 6.40. The van der Waals surface area contributed by atoms with Gasteiger partial charge in [0.15, 0.2) is 0 Å². The third-order valence-corrected chi connectivity index (χ3v) is 4.68. The standard InChI is InChI=1S/C17H20Br2N2/c1-3-12-5-7-14(21-11-12)10-17(20-4-2)15-8-6-13(18)9-16(15)19/h5-9,11,17,20H,3-4,10H2,1-2H3. The van der Waals surface area contributed by atoms with E-state index in [1.165, 1.54) is 11.1 Å². The summed E-state index contributed by atoms with van der Waals surface area (Å²) < 4.78 is 2.20. The highest BCUT2D eigenvalue weighted by atomic mass is 79.9. The fourth-order valence-electron chi connectivity index (χ4n) is 2.32. The maximum Gasteiger partial charge on any atom is 0.0422 e. The van der Waals surface area contributed by atoms with E-state index in [0.717, 1.165) is 34.0 Å². The zero-order valence-corrected chi connectivity index (χ0v) is 15.5. The normalized spacial score (nSPS) is 12.4. The monoisotopic (exact) mass is 410 g/mol. The van der Waals surface area contributed by atoms with Crippen LogP contribution >= 0.6 is 31.9 Å². The van der Waals surface area contributed by atoms with E-state index in [0.29, 0.717) is 0 Å². The molecule has 0 saturated carbocycles. The van der Waals surface area contributed by atoms with Crippen molar-refractivity contribution >= 4 is 31.9 Å². The third-order valence-electron chi connectivity index (χ3n) is 3.50. The quantitative estimate of drug-likeness (QED) is 0.718. The van der Waals surface area contributed by atoms with Gasteiger partial charge in [0.2, 0.25) is 0 Å². The Labute approximate surface area is 143 Å². The molecule has 21 heavy (non-hydrogen) atoms. The molecule has 0 aliphatic rings. The summed E-state index contributed by atoms with van der Waals surface area (Å²) in [6, 6.07) is 10.9. The second kappa shape index (κ2) is 8.06. The number of benzene rings is 1. The number of pyridine rings is 1. The topological polar surface area (TPSA) is 24.9 Å². The first-order valence-corrected chi connectivity index (χ1v) is 8.84. The van der Waals surface area contributed by atoms with Crippen molar-refractivity contribution in [3.05, 3.63) is 62.3 Å². The maximum atomic E-state index is 4.58. The van der Waals surface area contributed by atoms with Crippen molar-refractivity contribution < 1.29 is 0 Å². The molecule has 0 fully saturated rings. The number of nitrogens with zero attached hydrogens (tertiary/aromatic N) is 1. The maximum absolute atomic E-state index is 4.58. The lowest BCUT2D eigenvalue weighted by molar-refractivity contribution is 0.542. The van der Waals surface area contributed by atoms with Gasteiger partial charge in [-0.25, -0.2) is 0 Å². The average Bonchev–Trinajstić information content (AvgIpc) is 2.48. The van der Waals surface area contributed by atoms with E-state index in [2.05, 4.69) is 86.3 Å².